The Balaban J connectivity index is 1.90. The molecule has 11 heavy (non-hydrogen) atoms. The Bertz CT molecular complexity index is 196. The first-order valence-corrected chi connectivity index (χ1v) is 5.07. The molecule has 0 amide bonds. The van der Waals surface area contributed by atoms with Crippen LogP contribution in [0.4, 0.5) is 0 Å². The van der Waals surface area contributed by atoms with E-state index in [2.05, 4.69) is 48.6 Å². The SMILES string of the molecule is C1=CC(PC2C=CC=C2)C=C1. The molecule has 0 N–H and O–H groups in total. The summed E-state index contributed by atoms with van der Waals surface area (Å²) >= 11 is 0. The second-order valence-electron chi connectivity index (χ2n) is 2.76. The van der Waals surface area contributed by atoms with Gasteiger partial charge in [-0.15, -0.1) is 0 Å². The molecule has 2 aliphatic carbocycles. The second kappa shape index (κ2) is 3.19. The van der Waals surface area contributed by atoms with E-state index in [1.54, 1.807) is 0 Å². The van der Waals surface area contributed by atoms with Crippen molar-refractivity contribution in [2.75, 3.05) is 0 Å². The first kappa shape index (κ1) is 7.06. The molecular weight excluding hydrogens is 151 g/mol. The van der Waals surface area contributed by atoms with Gasteiger partial charge in [0.1, 0.15) is 0 Å². The first-order valence-electron chi connectivity index (χ1n) is 3.91. The van der Waals surface area contributed by atoms with E-state index < -0.39 is 0 Å². The molecule has 0 aromatic carbocycles. The maximum Gasteiger partial charge on any atom is 0.0136 e. The van der Waals surface area contributed by atoms with Crippen molar-refractivity contribution in [3.8, 4) is 0 Å². The normalized spacial score (nSPS) is 22.5. The molecule has 0 aliphatic heterocycles. The lowest BCUT2D eigenvalue weighted by Gasteiger charge is -2.08. The Morgan fingerprint density at radius 3 is 1.36 bits per heavy atom. The van der Waals surface area contributed by atoms with E-state index >= 15 is 0 Å². The lowest BCUT2D eigenvalue weighted by Crippen LogP contribution is -1.95. The Kier molecular flexibility index (Phi) is 2.05. The third-order valence-corrected chi connectivity index (χ3v) is 3.42. The number of hydrogen-bond acceptors (Lipinski definition) is 0. The summed E-state index contributed by atoms with van der Waals surface area (Å²) in [4.78, 5) is 0. The van der Waals surface area contributed by atoms with Crippen LogP contribution in [0.1, 0.15) is 0 Å². The van der Waals surface area contributed by atoms with Gasteiger partial charge < -0.3 is 0 Å². The highest BCUT2D eigenvalue weighted by molar-refractivity contribution is 7.40. The summed E-state index contributed by atoms with van der Waals surface area (Å²) in [5, 5.41) is 0. The Morgan fingerprint density at radius 2 is 1.00 bits per heavy atom. The molecule has 0 saturated carbocycles. The molecule has 0 radical (unpaired) electrons. The molecule has 0 aromatic heterocycles. The summed E-state index contributed by atoms with van der Waals surface area (Å²) in [6.07, 6.45) is 17.7. The largest absolute Gasteiger partial charge is 0.0997 e. The Hall–Kier alpha value is -0.610. The Morgan fingerprint density at radius 1 is 0.636 bits per heavy atom. The van der Waals surface area contributed by atoms with Gasteiger partial charge in [0, 0.05) is 11.3 Å². The zero-order chi connectivity index (χ0) is 7.52. The van der Waals surface area contributed by atoms with Crippen LogP contribution in [-0.2, 0) is 0 Å². The van der Waals surface area contributed by atoms with Gasteiger partial charge in [0.15, 0.2) is 0 Å². The van der Waals surface area contributed by atoms with E-state index in [-0.39, 0.29) is 0 Å². The average Bonchev–Trinajstić information content (AvgIpc) is 2.60. The van der Waals surface area contributed by atoms with Gasteiger partial charge in [0.25, 0.3) is 0 Å². The highest BCUT2D eigenvalue weighted by atomic mass is 31.1. The number of hydrogen-bond donors (Lipinski definition) is 0. The molecule has 56 valence electrons. The van der Waals surface area contributed by atoms with Crippen LogP contribution in [0.2, 0.25) is 0 Å². The van der Waals surface area contributed by atoms with Crippen LogP contribution in [0.15, 0.2) is 48.6 Å². The van der Waals surface area contributed by atoms with Crippen molar-refractivity contribution in [1.29, 1.82) is 0 Å². The molecule has 2 rings (SSSR count). The van der Waals surface area contributed by atoms with Crippen LogP contribution in [0, 0.1) is 0 Å². The number of rotatable bonds is 2. The van der Waals surface area contributed by atoms with Crippen LogP contribution in [-0.4, -0.2) is 11.3 Å². The van der Waals surface area contributed by atoms with Gasteiger partial charge in [-0.1, -0.05) is 57.2 Å². The van der Waals surface area contributed by atoms with Crippen molar-refractivity contribution < 1.29 is 0 Å². The molecule has 0 saturated heterocycles. The predicted octanol–water partition coefficient (Wildman–Crippen LogP) is 2.65. The minimum Gasteiger partial charge on any atom is -0.0997 e. The predicted molar refractivity (Wildman–Crippen MR) is 52.5 cm³/mol. The lowest BCUT2D eigenvalue weighted by atomic mass is 10.5. The van der Waals surface area contributed by atoms with Crippen LogP contribution in [0.3, 0.4) is 0 Å². The van der Waals surface area contributed by atoms with Crippen molar-refractivity contribution in [3.05, 3.63) is 48.6 Å². The highest BCUT2D eigenvalue weighted by Crippen LogP contribution is 2.33. The monoisotopic (exact) mass is 162 g/mol. The summed E-state index contributed by atoms with van der Waals surface area (Å²) in [7, 11) is 0.992. The van der Waals surface area contributed by atoms with Gasteiger partial charge in [0.2, 0.25) is 0 Å². The third-order valence-electron chi connectivity index (χ3n) is 1.88. The average molecular weight is 162 g/mol. The summed E-state index contributed by atoms with van der Waals surface area (Å²) in [5.74, 6) is 0. The fourth-order valence-electron chi connectivity index (χ4n) is 1.31. The zero-order valence-electron chi connectivity index (χ0n) is 6.27. The first-order chi connectivity index (χ1) is 5.45. The quantitative estimate of drug-likeness (QED) is 0.547. The van der Waals surface area contributed by atoms with Gasteiger partial charge in [-0.2, -0.15) is 0 Å². The molecular formula is C10H11P. The molecule has 0 nitrogen and oxygen atoms in total. The van der Waals surface area contributed by atoms with Crippen LogP contribution >= 0.6 is 8.58 Å². The van der Waals surface area contributed by atoms with Crippen molar-refractivity contribution in [3.63, 3.8) is 0 Å². The van der Waals surface area contributed by atoms with E-state index in [9.17, 15) is 0 Å². The minimum atomic E-state index is 0.701. The van der Waals surface area contributed by atoms with Crippen LogP contribution in [0.5, 0.6) is 0 Å². The molecule has 2 aliphatic rings. The minimum absolute atomic E-state index is 0.701. The lowest BCUT2D eigenvalue weighted by molar-refractivity contribution is 1.37. The molecule has 0 atom stereocenters. The molecule has 0 heterocycles. The summed E-state index contributed by atoms with van der Waals surface area (Å²) in [6.45, 7) is 0. The second-order valence-corrected chi connectivity index (χ2v) is 4.42. The zero-order valence-corrected chi connectivity index (χ0v) is 7.27. The van der Waals surface area contributed by atoms with E-state index in [0.29, 0.717) is 11.3 Å². The summed E-state index contributed by atoms with van der Waals surface area (Å²) < 4.78 is 0. The number of allylic oxidation sites excluding steroid dienone is 8. The molecule has 0 fully saturated rings. The molecule has 0 bridgehead atoms. The van der Waals surface area contributed by atoms with E-state index in [1.807, 2.05) is 0 Å². The fourth-order valence-corrected chi connectivity index (χ4v) is 2.64. The van der Waals surface area contributed by atoms with Gasteiger partial charge in [-0.3, -0.25) is 0 Å². The molecule has 0 unspecified atom stereocenters. The van der Waals surface area contributed by atoms with Crippen molar-refractivity contribution in [2.45, 2.75) is 11.3 Å². The third kappa shape index (κ3) is 1.70. The smallest absolute Gasteiger partial charge is 0.0136 e. The fraction of sp³-hybridized carbons (Fsp3) is 0.200. The molecule has 0 aromatic rings. The summed E-state index contributed by atoms with van der Waals surface area (Å²) in [6, 6.07) is 0. The van der Waals surface area contributed by atoms with Crippen molar-refractivity contribution in [1.82, 2.24) is 0 Å². The highest BCUT2D eigenvalue weighted by Gasteiger charge is 2.09. The molecule has 1 heteroatoms. The van der Waals surface area contributed by atoms with E-state index in [4.69, 9.17) is 0 Å². The maximum atomic E-state index is 2.28. The molecule has 0 spiro atoms. The van der Waals surface area contributed by atoms with Gasteiger partial charge in [-0.05, 0) is 0 Å². The van der Waals surface area contributed by atoms with Gasteiger partial charge in [-0.25, -0.2) is 0 Å². The maximum absolute atomic E-state index is 2.28. The van der Waals surface area contributed by atoms with Crippen molar-refractivity contribution in [2.24, 2.45) is 0 Å². The van der Waals surface area contributed by atoms with Gasteiger partial charge in [0.05, 0.1) is 0 Å². The topological polar surface area (TPSA) is 0 Å². The van der Waals surface area contributed by atoms with Gasteiger partial charge >= 0.3 is 0 Å². The van der Waals surface area contributed by atoms with E-state index in [1.165, 1.54) is 0 Å². The summed E-state index contributed by atoms with van der Waals surface area (Å²) in [5.41, 5.74) is 1.40. The Labute approximate surface area is 69.2 Å². The van der Waals surface area contributed by atoms with Crippen molar-refractivity contribution >= 4 is 8.58 Å². The van der Waals surface area contributed by atoms with Crippen LogP contribution in [0.25, 0.3) is 0 Å². The standard InChI is InChI=1S/C10H11P/c1-2-6-9(5-1)11-10-7-3-4-8-10/h1-11H. The van der Waals surface area contributed by atoms with E-state index in [0.717, 1.165) is 8.58 Å². The van der Waals surface area contributed by atoms with Crippen LogP contribution < -0.4 is 0 Å².